The summed E-state index contributed by atoms with van der Waals surface area (Å²) >= 11 is 3.15. The molecule has 144 valence electrons. The van der Waals surface area contributed by atoms with E-state index in [9.17, 15) is 4.79 Å². The number of para-hydroxylation sites is 1. The number of hydrogen-bond donors (Lipinski definition) is 1. The minimum Gasteiger partial charge on any atom is -0.350 e. The number of amides is 1. The molecule has 5 nitrogen and oxygen atoms in total. The summed E-state index contributed by atoms with van der Waals surface area (Å²) in [6.07, 6.45) is 1.78. The number of rotatable bonds is 7. The van der Waals surface area contributed by atoms with Crippen LogP contribution < -0.4 is 5.32 Å². The third-order valence-electron chi connectivity index (χ3n) is 4.55. The van der Waals surface area contributed by atoms with Gasteiger partial charge in [0.1, 0.15) is 10.7 Å². The van der Waals surface area contributed by atoms with Gasteiger partial charge in [0.25, 0.3) is 5.91 Å². The van der Waals surface area contributed by atoms with Gasteiger partial charge in [-0.1, -0.05) is 25.1 Å². The van der Waals surface area contributed by atoms with Crippen LogP contribution in [0.2, 0.25) is 0 Å². The number of hydrogen-bond acceptors (Lipinski definition) is 5. The molecule has 3 aromatic heterocycles. The van der Waals surface area contributed by atoms with Crippen molar-refractivity contribution in [2.45, 2.75) is 33.2 Å². The highest BCUT2D eigenvalue weighted by atomic mass is 32.1. The second-order valence-corrected chi connectivity index (χ2v) is 8.56. The van der Waals surface area contributed by atoms with Crippen LogP contribution in [0, 0.1) is 6.92 Å². The van der Waals surface area contributed by atoms with E-state index < -0.39 is 0 Å². The average molecular weight is 411 g/mol. The average Bonchev–Trinajstić information content (AvgIpc) is 3.41. The first-order chi connectivity index (χ1) is 13.7. The monoisotopic (exact) mass is 410 g/mol. The van der Waals surface area contributed by atoms with E-state index in [4.69, 9.17) is 0 Å². The first-order valence-corrected chi connectivity index (χ1v) is 11.1. The molecule has 0 bridgehead atoms. The number of carbonyl (C=O) groups is 1. The number of nitrogens with zero attached hydrogens (tertiary/aromatic N) is 3. The number of aromatic nitrogens is 3. The van der Waals surface area contributed by atoms with E-state index in [0.29, 0.717) is 12.2 Å². The fourth-order valence-electron chi connectivity index (χ4n) is 3.27. The Bertz CT molecular complexity index is 1110. The van der Waals surface area contributed by atoms with Crippen LogP contribution in [0.5, 0.6) is 0 Å². The molecule has 0 radical (unpaired) electrons. The zero-order chi connectivity index (χ0) is 19.5. The van der Waals surface area contributed by atoms with E-state index >= 15 is 0 Å². The summed E-state index contributed by atoms with van der Waals surface area (Å²) in [5.41, 5.74) is 3.78. The van der Waals surface area contributed by atoms with Crippen LogP contribution in [0.3, 0.4) is 0 Å². The highest BCUT2D eigenvalue weighted by molar-refractivity contribution is 7.13. The molecule has 4 aromatic rings. The number of benzene rings is 1. The number of nitrogens with one attached hydrogen (secondary N) is 1. The van der Waals surface area contributed by atoms with Crippen LogP contribution in [-0.4, -0.2) is 27.0 Å². The highest BCUT2D eigenvalue weighted by Gasteiger charge is 2.16. The Morgan fingerprint density at radius 3 is 2.82 bits per heavy atom. The normalized spacial score (nSPS) is 11.2. The first-order valence-electron chi connectivity index (χ1n) is 9.39. The summed E-state index contributed by atoms with van der Waals surface area (Å²) in [5, 5.41) is 9.95. The molecule has 0 saturated heterocycles. The van der Waals surface area contributed by atoms with Gasteiger partial charge >= 0.3 is 0 Å². The van der Waals surface area contributed by atoms with E-state index in [0.717, 1.165) is 40.8 Å². The minimum atomic E-state index is -0.132. The van der Waals surface area contributed by atoms with Crippen molar-refractivity contribution in [3.63, 3.8) is 0 Å². The summed E-state index contributed by atoms with van der Waals surface area (Å²) in [6, 6.07) is 10.5. The molecule has 0 aliphatic rings. The molecule has 3 heterocycles. The van der Waals surface area contributed by atoms with E-state index in [1.54, 1.807) is 11.3 Å². The second kappa shape index (κ2) is 8.24. The molecule has 0 aliphatic carbocycles. The van der Waals surface area contributed by atoms with Gasteiger partial charge in [0.15, 0.2) is 0 Å². The summed E-state index contributed by atoms with van der Waals surface area (Å²) in [6.45, 7) is 5.65. The number of fused-ring (bicyclic) bond motifs is 1. The summed E-state index contributed by atoms with van der Waals surface area (Å²) < 4.78 is 2.29. The van der Waals surface area contributed by atoms with Gasteiger partial charge in [-0.3, -0.25) is 4.79 Å². The lowest BCUT2D eigenvalue weighted by molar-refractivity contribution is 0.0950. The van der Waals surface area contributed by atoms with Crippen molar-refractivity contribution in [3.8, 4) is 10.7 Å². The highest BCUT2D eigenvalue weighted by Crippen LogP contribution is 2.30. The van der Waals surface area contributed by atoms with Crippen molar-refractivity contribution in [1.82, 2.24) is 19.9 Å². The zero-order valence-electron chi connectivity index (χ0n) is 15.9. The maximum atomic E-state index is 12.5. The van der Waals surface area contributed by atoms with Gasteiger partial charge in [-0.05, 0) is 25.5 Å². The fraction of sp³-hybridized carbons (Fsp3) is 0.286. The Hall–Kier alpha value is -2.51. The van der Waals surface area contributed by atoms with Crippen molar-refractivity contribution < 1.29 is 4.79 Å². The molecule has 7 heteroatoms. The van der Waals surface area contributed by atoms with Crippen LogP contribution in [-0.2, 0) is 13.0 Å². The topological polar surface area (TPSA) is 59.8 Å². The smallest absolute Gasteiger partial charge is 0.270 e. The van der Waals surface area contributed by atoms with Gasteiger partial charge in [0, 0.05) is 41.2 Å². The summed E-state index contributed by atoms with van der Waals surface area (Å²) in [5.74, 6) is -0.132. The van der Waals surface area contributed by atoms with Crippen molar-refractivity contribution in [2.75, 3.05) is 6.54 Å². The van der Waals surface area contributed by atoms with Crippen molar-refractivity contribution in [2.24, 2.45) is 0 Å². The molecular formula is C21H22N4OS2. The van der Waals surface area contributed by atoms with E-state index in [-0.39, 0.29) is 5.91 Å². The third-order valence-corrected chi connectivity index (χ3v) is 6.23. The SMILES string of the molecule is CCCn1c(-c2nc(C(=O)NCCc3csc(C)n3)cs2)cc2ccccc21. The minimum absolute atomic E-state index is 0.132. The Morgan fingerprint density at radius 1 is 1.18 bits per heavy atom. The first kappa shape index (κ1) is 18.8. The maximum absolute atomic E-state index is 12.5. The maximum Gasteiger partial charge on any atom is 0.270 e. The van der Waals surface area contributed by atoms with Crippen LogP contribution in [0.4, 0.5) is 0 Å². The standard InChI is InChI=1S/C21H22N4OS2/c1-3-10-25-18-7-5-4-6-15(18)11-19(25)21-24-17(13-28-21)20(26)22-9-8-16-12-27-14(2)23-16/h4-7,11-13H,3,8-10H2,1-2H3,(H,22,26). The Balaban J connectivity index is 1.50. The molecule has 1 aromatic carbocycles. The third kappa shape index (κ3) is 3.86. The summed E-state index contributed by atoms with van der Waals surface area (Å²) in [4.78, 5) is 21.5. The van der Waals surface area contributed by atoms with Crippen LogP contribution in [0.1, 0.15) is 34.5 Å². The van der Waals surface area contributed by atoms with Crippen LogP contribution >= 0.6 is 22.7 Å². The number of carbonyl (C=O) groups excluding carboxylic acids is 1. The molecule has 0 aliphatic heterocycles. The van der Waals surface area contributed by atoms with Gasteiger partial charge in [-0.2, -0.15) is 0 Å². The second-order valence-electron chi connectivity index (χ2n) is 6.64. The Labute approximate surface area is 172 Å². The largest absolute Gasteiger partial charge is 0.350 e. The number of thiazole rings is 2. The van der Waals surface area contributed by atoms with Gasteiger partial charge in [0.05, 0.1) is 16.4 Å². The lowest BCUT2D eigenvalue weighted by Gasteiger charge is -2.07. The molecule has 4 rings (SSSR count). The molecule has 0 saturated carbocycles. The molecule has 28 heavy (non-hydrogen) atoms. The van der Waals surface area contributed by atoms with Crippen molar-refractivity contribution in [1.29, 1.82) is 0 Å². The Kier molecular flexibility index (Phi) is 5.54. The van der Waals surface area contributed by atoms with Crippen molar-refractivity contribution >= 4 is 39.5 Å². The molecule has 0 spiro atoms. The molecule has 0 fully saturated rings. The predicted molar refractivity (Wildman–Crippen MR) is 116 cm³/mol. The molecule has 0 atom stereocenters. The van der Waals surface area contributed by atoms with Gasteiger partial charge in [-0.25, -0.2) is 9.97 Å². The molecular weight excluding hydrogens is 388 g/mol. The lowest BCUT2D eigenvalue weighted by atomic mass is 10.2. The fourth-order valence-corrected chi connectivity index (χ4v) is 4.74. The zero-order valence-corrected chi connectivity index (χ0v) is 17.6. The van der Waals surface area contributed by atoms with Gasteiger partial charge in [-0.15, -0.1) is 22.7 Å². The van der Waals surface area contributed by atoms with E-state index in [1.165, 1.54) is 22.2 Å². The number of aryl methyl sites for hydroxylation is 2. The van der Waals surface area contributed by atoms with Crippen molar-refractivity contribution in [3.05, 3.63) is 57.5 Å². The quantitative estimate of drug-likeness (QED) is 0.471. The molecule has 1 amide bonds. The van der Waals surface area contributed by atoms with Crippen LogP contribution in [0.25, 0.3) is 21.6 Å². The molecule has 0 unspecified atom stereocenters. The van der Waals surface area contributed by atoms with Crippen LogP contribution in [0.15, 0.2) is 41.1 Å². The predicted octanol–water partition coefficient (Wildman–Crippen LogP) is 4.91. The summed E-state index contributed by atoms with van der Waals surface area (Å²) in [7, 11) is 0. The Morgan fingerprint density at radius 2 is 2.04 bits per heavy atom. The van der Waals surface area contributed by atoms with E-state index in [2.05, 4.69) is 51.0 Å². The molecule has 1 N–H and O–H groups in total. The lowest BCUT2D eigenvalue weighted by Crippen LogP contribution is -2.26. The van der Waals surface area contributed by atoms with E-state index in [1.807, 2.05) is 23.8 Å². The van der Waals surface area contributed by atoms with Gasteiger partial charge < -0.3 is 9.88 Å². The van der Waals surface area contributed by atoms with Gasteiger partial charge in [0.2, 0.25) is 0 Å².